The normalized spacial score (nSPS) is 12.6. The number of rotatable bonds is 7. The van der Waals surface area contributed by atoms with Crippen LogP contribution >= 0.6 is 11.3 Å². The molecule has 5 heteroatoms. The molecule has 4 nitrogen and oxygen atoms in total. The predicted molar refractivity (Wildman–Crippen MR) is 90.6 cm³/mol. The van der Waals surface area contributed by atoms with Gasteiger partial charge in [0.05, 0.1) is 6.54 Å². The van der Waals surface area contributed by atoms with Crippen LogP contribution in [-0.4, -0.2) is 41.3 Å². The molecule has 0 saturated heterocycles. The third kappa shape index (κ3) is 5.09. The minimum Gasteiger partial charge on any atom is -0.491 e. The first kappa shape index (κ1) is 16.9. The van der Waals surface area contributed by atoms with Gasteiger partial charge in [-0.2, -0.15) is 0 Å². The van der Waals surface area contributed by atoms with Crippen LogP contribution in [0.3, 0.4) is 0 Å². The highest BCUT2D eigenvalue weighted by molar-refractivity contribution is 7.09. The molecule has 2 aromatic rings. The maximum absolute atomic E-state index is 10.1. The number of hydrogen-bond donors (Lipinski definition) is 1. The maximum Gasteiger partial charge on any atom is 0.122 e. The molecule has 0 fully saturated rings. The Bertz CT molecular complexity index is 612. The Labute approximate surface area is 136 Å². The lowest BCUT2D eigenvalue weighted by molar-refractivity contribution is 0.0741. The van der Waals surface area contributed by atoms with E-state index in [-0.39, 0.29) is 0 Å². The fourth-order valence-electron chi connectivity index (χ4n) is 2.23. The van der Waals surface area contributed by atoms with E-state index in [1.165, 1.54) is 0 Å². The lowest BCUT2D eigenvalue weighted by Crippen LogP contribution is -2.32. The molecule has 0 aliphatic heterocycles. The van der Waals surface area contributed by atoms with Gasteiger partial charge in [0.15, 0.2) is 0 Å². The van der Waals surface area contributed by atoms with Crippen molar-refractivity contribution >= 4 is 11.3 Å². The summed E-state index contributed by atoms with van der Waals surface area (Å²) in [6.45, 7) is 7.64. The van der Waals surface area contributed by atoms with Gasteiger partial charge in [-0.15, -0.1) is 11.3 Å². The first-order valence-electron chi connectivity index (χ1n) is 7.41. The monoisotopic (exact) mass is 320 g/mol. The molecule has 2 rings (SSSR count). The molecule has 0 aliphatic carbocycles. The number of likely N-dealkylation sites (N-methyl/N-ethyl adjacent to an activating group) is 1. The van der Waals surface area contributed by atoms with Gasteiger partial charge in [0.25, 0.3) is 0 Å². The van der Waals surface area contributed by atoms with Crippen molar-refractivity contribution in [3.63, 3.8) is 0 Å². The predicted octanol–water partition coefficient (Wildman–Crippen LogP) is 2.94. The summed E-state index contributed by atoms with van der Waals surface area (Å²) in [4.78, 5) is 6.50. The van der Waals surface area contributed by atoms with Crippen molar-refractivity contribution in [2.45, 2.75) is 33.4 Å². The Balaban J connectivity index is 1.79. The molecule has 1 atom stereocenters. The van der Waals surface area contributed by atoms with Gasteiger partial charge in [-0.1, -0.05) is 12.1 Å². The third-order valence-corrected chi connectivity index (χ3v) is 4.32. The highest BCUT2D eigenvalue weighted by Gasteiger charge is 2.12. The average Bonchev–Trinajstić information content (AvgIpc) is 2.85. The summed E-state index contributed by atoms with van der Waals surface area (Å²) in [7, 11) is 1.98. The maximum atomic E-state index is 10.1. The zero-order valence-corrected chi connectivity index (χ0v) is 14.5. The number of benzene rings is 1. The minimum absolute atomic E-state index is 0.297. The molecular formula is C17H24N2O2S. The Kier molecular flexibility index (Phi) is 5.94. The minimum atomic E-state index is -0.522. The first-order valence-corrected chi connectivity index (χ1v) is 8.29. The van der Waals surface area contributed by atoms with Crippen molar-refractivity contribution in [3.8, 4) is 5.75 Å². The molecule has 0 spiro atoms. The van der Waals surface area contributed by atoms with Crippen LogP contribution in [0.15, 0.2) is 23.6 Å². The summed E-state index contributed by atoms with van der Waals surface area (Å²) < 4.78 is 5.74. The smallest absolute Gasteiger partial charge is 0.122 e. The van der Waals surface area contributed by atoms with Gasteiger partial charge in [0, 0.05) is 17.6 Å². The van der Waals surface area contributed by atoms with E-state index in [4.69, 9.17) is 4.74 Å². The van der Waals surface area contributed by atoms with E-state index in [2.05, 4.69) is 16.0 Å². The fraction of sp³-hybridized carbons (Fsp3) is 0.471. The van der Waals surface area contributed by atoms with Crippen LogP contribution in [0.4, 0.5) is 0 Å². The number of nitrogens with zero attached hydrogens (tertiary/aromatic N) is 2. The van der Waals surface area contributed by atoms with Crippen molar-refractivity contribution in [2.75, 3.05) is 20.2 Å². The number of aromatic nitrogens is 1. The van der Waals surface area contributed by atoms with Crippen LogP contribution in [0.1, 0.15) is 21.8 Å². The molecule has 1 N–H and O–H groups in total. The molecule has 22 heavy (non-hydrogen) atoms. The molecule has 1 unspecified atom stereocenters. The molecule has 0 aliphatic rings. The zero-order chi connectivity index (χ0) is 16.1. The third-order valence-electron chi connectivity index (χ3n) is 3.37. The van der Waals surface area contributed by atoms with Gasteiger partial charge < -0.3 is 9.84 Å². The van der Waals surface area contributed by atoms with Crippen LogP contribution in [0.5, 0.6) is 5.75 Å². The van der Waals surface area contributed by atoms with Crippen LogP contribution < -0.4 is 4.74 Å². The Hall–Kier alpha value is -1.43. The van der Waals surface area contributed by atoms with Crippen LogP contribution in [0.25, 0.3) is 0 Å². The average molecular weight is 320 g/mol. The van der Waals surface area contributed by atoms with E-state index in [0.717, 1.165) is 34.1 Å². The molecular weight excluding hydrogens is 296 g/mol. The van der Waals surface area contributed by atoms with E-state index < -0.39 is 6.10 Å². The number of hydrogen-bond acceptors (Lipinski definition) is 5. The Morgan fingerprint density at radius 1 is 1.32 bits per heavy atom. The van der Waals surface area contributed by atoms with Crippen molar-refractivity contribution < 1.29 is 9.84 Å². The highest BCUT2D eigenvalue weighted by atomic mass is 32.1. The summed E-state index contributed by atoms with van der Waals surface area (Å²) in [6, 6.07) is 6.10. The number of aryl methyl sites for hydroxylation is 3. The van der Waals surface area contributed by atoms with Crippen LogP contribution in [0.2, 0.25) is 0 Å². The highest BCUT2D eigenvalue weighted by Crippen LogP contribution is 2.19. The Morgan fingerprint density at radius 3 is 2.77 bits per heavy atom. The van der Waals surface area contributed by atoms with Gasteiger partial charge in [0.1, 0.15) is 23.5 Å². The second-order valence-corrected chi connectivity index (χ2v) is 6.76. The number of aliphatic hydroxyl groups excluding tert-OH is 1. The van der Waals surface area contributed by atoms with Crippen molar-refractivity contribution in [2.24, 2.45) is 0 Å². The number of ether oxygens (including phenoxy) is 1. The van der Waals surface area contributed by atoms with Gasteiger partial charge >= 0.3 is 0 Å². The molecule has 1 heterocycles. The second kappa shape index (κ2) is 7.72. The van der Waals surface area contributed by atoms with E-state index in [9.17, 15) is 5.11 Å². The van der Waals surface area contributed by atoms with Crippen LogP contribution in [-0.2, 0) is 6.54 Å². The lowest BCUT2D eigenvalue weighted by Gasteiger charge is -2.20. The van der Waals surface area contributed by atoms with E-state index >= 15 is 0 Å². The lowest BCUT2D eigenvalue weighted by atomic mass is 10.1. The van der Waals surface area contributed by atoms with Gasteiger partial charge in [-0.05, 0) is 45.0 Å². The molecule has 1 aromatic carbocycles. The number of aliphatic hydroxyl groups is 1. The largest absolute Gasteiger partial charge is 0.491 e. The molecule has 1 aromatic heterocycles. The fourth-order valence-corrected chi connectivity index (χ4v) is 3.08. The van der Waals surface area contributed by atoms with E-state index in [0.29, 0.717) is 13.2 Å². The van der Waals surface area contributed by atoms with Gasteiger partial charge in [0.2, 0.25) is 0 Å². The summed E-state index contributed by atoms with van der Waals surface area (Å²) >= 11 is 1.65. The summed E-state index contributed by atoms with van der Waals surface area (Å²) in [6.07, 6.45) is -0.522. The number of thiazole rings is 1. The van der Waals surface area contributed by atoms with E-state index in [1.54, 1.807) is 11.3 Å². The molecule has 0 bridgehead atoms. The molecule has 0 radical (unpaired) electrons. The summed E-state index contributed by atoms with van der Waals surface area (Å²) in [5.74, 6) is 0.845. The quantitative estimate of drug-likeness (QED) is 0.852. The van der Waals surface area contributed by atoms with Crippen LogP contribution in [0, 0.1) is 20.8 Å². The van der Waals surface area contributed by atoms with Crippen molar-refractivity contribution in [3.05, 3.63) is 45.4 Å². The first-order chi connectivity index (χ1) is 10.4. The second-order valence-electron chi connectivity index (χ2n) is 5.81. The standard InChI is InChI=1S/C17H24N2O2S/c1-12-5-6-13(2)16(7-12)21-10-15(20)8-19(4)9-17-18-14(3)11-22-17/h5-7,11,15,20H,8-10H2,1-4H3. The van der Waals surface area contributed by atoms with E-state index in [1.807, 2.05) is 45.3 Å². The summed E-state index contributed by atoms with van der Waals surface area (Å²) in [5.41, 5.74) is 3.29. The molecule has 0 amide bonds. The Morgan fingerprint density at radius 2 is 2.09 bits per heavy atom. The summed E-state index contributed by atoms with van der Waals surface area (Å²) in [5, 5.41) is 13.3. The van der Waals surface area contributed by atoms with Crippen molar-refractivity contribution in [1.82, 2.24) is 9.88 Å². The van der Waals surface area contributed by atoms with Gasteiger partial charge in [-0.3, -0.25) is 4.90 Å². The topological polar surface area (TPSA) is 45.6 Å². The molecule has 0 saturated carbocycles. The molecule has 120 valence electrons. The van der Waals surface area contributed by atoms with Crippen molar-refractivity contribution in [1.29, 1.82) is 0 Å². The zero-order valence-electron chi connectivity index (χ0n) is 13.7. The van der Waals surface area contributed by atoms with Gasteiger partial charge in [-0.25, -0.2) is 4.98 Å². The SMILES string of the molecule is Cc1ccc(C)c(OCC(O)CN(C)Cc2nc(C)cs2)c1.